The summed E-state index contributed by atoms with van der Waals surface area (Å²) >= 11 is 0. The van der Waals surface area contributed by atoms with Crippen molar-refractivity contribution in [2.75, 3.05) is 13.2 Å². The van der Waals surface area contributed by atoms with Crippen LogP contribution in [0.25, 0.3) is 0 Å². The highest BCUT2D eigenvalue weighted by atomic mass is 16.9. The van der Waals surface area contributed by atoms with Gasteiger partial charge in [0.1, 0.15) is 36.6 Å². The molecule has 0 aromatic heterocycles. The maximum atomic E-state index is 6.35. The summed E-state index contributed by atoms with van der Waals surface area (Å²) in [6.07, 6.45) is 0.507. The molecule has 9 nitrogen and oxygen atoms in total. The Kier molecular flexibility index (Phi) is 8.61. The van der Waals surface area contributed by atoms with Crippen molar-refractivity contribution in [3.05, 3.63) is 83.9 Å². The molecule has 0 amide bonds. The van der Waals surface area contributed by atoms with E-state index in [2.05, 4.69) is 0 Å². The molecule has 0 radical (unpaired) electrons. The SMILES string of the molecule is CC1(C)O[C@H]2[C@@H](O1)[C@@H](CO[C@H]1C=C[C@H](OCc3ccccc3)[C@@H](COCc3ccccc3)O1)O[C@H]1OC(C)(C)O[C@@H]12. The van der Waals surface area contributed by atoms with Gasteiger partial charge in [-0.15, -0.1) is 0 Å². The lowest BCUT2D eigenvalue weighted by Crippen LogP contribution is -2.56. The molecule has 3 saturated heterocycles. The quantitative estimate of drug-likeness (QED) is 0.385. The third-order valence-corrected chi connectivity index (χ3v) is 7.49. The zero-order valence-electron chi connectivity index (χ0n) is 24.0. The Morgan fingerprint density at radius 1 is 0.610 bits per heavy atom. The standard InChI is InChI=1S/C32H40O9/c1-31(2)38-27-25(37-30-29(28(27)39-31)40-32(3,4)41-30)20-35-26-16-15-23(34-18-22-13-9-6-10-14-22)24(36-26)19-33-17-21-11-7-5-8-12-21/h5-16,23-30H,17-20H2,1-4H3/t23-,24+,25+,26+,27-,28-,29+,30-/m0/s1. The lowest BCUT2D eigenvalue weighted by Gasteiger charge is -2.38. The van der Waals surface area contributed by atoms with E-state index in [4.69, 9.17) is 42.6 Å². The summed E-state index contributed by atoms with van der Waals surface area (Å²) < 4.78 is 55.7. The predicted octanol–water partition coefficient (Wildman–Crippen LogP) is 4.48. The fraction of sp³-hybridized carbons (Fsp3) is 0.562. The second-order valence-corrected chi connectivity index (χ2v) is 11.7. The van der Waals surface area contributed by atoms with Crippen LogP contribution in [0.3, 0.4) is 0 Å². The molecule has 2 aromatic carbocycles. The summed E-state index contributed by atoms with van der Waals surface area (Å²) in [4.78, 5) is 0. The van der Waals surface area contributed by atoms with Crippen LogP contribution in [-0.4, -0.2) is 74.0 Å². The molecule has 222 valence electrons. The highest BCUT2D eigenvalue weighted by Gasteiger charge is 2.60. The van der Waals surface area contributed by atoms with E-state index >= 15 is 0 Å². The molecule has 8 atom stereocenters. The summed E-state index contributed by atoms with van der Waals surface area (Å²) in [6.45, 7) is 9.03. The monoisotopic (exact) mass is 568 g/mol. The highest BCUT2D eigenvalue weighted by Crippen LogP contribution is 2.44. The van der Waals surface area contributed by atoms with Gasteiger partial charge >= 0.3 is 0 Å². The Balaban J connectivity index is 1.09. The number of hydrogen-bond donors (Lipinski definition) is 0. The maximum Gasteiger partial charge on any atom is 0.190 e. The van der Waals surface area contributed by atoms with Gasteiger partial charge in [-0.3, -0.25) is 0 Å². The average molecular weight is 569 g/mol. The van der Waals surface area contributed by atoms with Crippen LogP contribution in [-0.2, 0) is 55.8 Å². The highest BCUT2D eigenvalue weighted by molar-refractivity contribution is 5.14. The Hall–Kier alpha value is -2.18. The van der Waals surface area contributed by atoms with Crippen molar-refractivity contribution in [1.29, 1.82) is 0 Å². The van der Waals surface area contributed by atoms with Crippen LogP contribution in [0.1, 0.15) is 38.8 Å². The maximum absolute atomic E-state index is 6.35. The molecule has 4 aliphatic heterocycles. The molecule has 0 saturated carbocycles. The molecule has 3 fully saturated rings. The molecular weight excluding hydrogens is 528 g/mol. The van der Waals surface area contributed by atoms with Crippen molar-refractivity contribution < 1.29 is 42.6 Å². The lowest BCUT2D eigenvalue weighted by atomic mass is 9.99. The Morgan fingerprint density at radius 2 is 1.24 bits per heavy atom. The van der Waals surface area contributed by atoms with Gasteiger partial charge in [0.25, 0.3) is 0 Å². The molecule has 41 heavy (non-hydrogen) atoms. The normalized spacial score (nSPS) is 35.2. The number of fused-ring (bicyclic) bond motifs is 3. The van der Waals surface area contributed by atoms with E-state index < -0.39 is 30.3 Å². The van der Waals surface area contributed by atoms with Gasteiger partial charge in [-0.05, 0) is 44.9 Å². The van der Waals surface area contributed by atoms with Crippen molar-refractivity contribution >= 4 is 0 Å². The number of ether oxygens (including phenoxy) is 9. The smallest absolute Gasteiger partial charge is 0.190 e. The van der Waals surface area contributed by atoms with Crippen LogP contribution in [0.15, 0.2) is 72.8 Å². The lowest BCUT2D eigenvalue weighted by molar-refractivity contribution is -0.260. The molecule has 4 aliphatic rings. The van der Waals surface area contributed by atoms with Gasteiger partial charge in [-0.25, -0.2) is 0 Å². The first-order valence-corrected chi connectivity index (χ1v) is 14.3. The Bertz CT molecular complexity index is 1150. The van der Waals surface area contributed by atoms with E-state index in [-0.39, 0.29) is 37.1 Å². The van der Waals surface area contributed by atoms with Crippen molar-refractivity contribution in [3.8, 4) is 0 Å². The van der Waals surface area contributed by atoms with Gasteiger partial charge in [0.15, 0.2) is 24.2 Å². The first kappa shape index (κ1) is 28.9. The summed E-state index contributed by atoms with van der Waals surface area (Å²) in [7, 11) is 0. The van der Waals surface area contributed by atoms with Gasteiger partial charge < -0.3 is 42.6 Å². The summed E-state index contributed by atoms with van der Waals surface area (Å²) in [5, 5.41) is 0. The van der Waals surface area contributed by atoms with E-state index in [0.717, 1.165) is 11.1 Å². The van der Waals surface area contributed by atoms with Crippen molar-refractivity contribution in [3.63, 3.8) is 0 Å². The molecule has 6 rings (SSSR count). The summed E-state index contributed by atoms with van der Waals surface area (Å²) in [6, 6.07) is 20.1. The fourth-order valence-electron chi connectivity index (χ4n) is 5.66. The third-order valence-electron chi connectivity index (χ3n) is 7.49. The van der Waals surface area contributed by atoms with E-state index in [9.17, 15) is 0 Å². The molecule has 9 heteroatoms. The first-order valence-electron chi connectivity index (χ1n) is 14.3. The van der Waals surface area contributed by atoms with Gasteiger partial charge in [0, 0.05) is 0 Å². The minimum atomic E-state index is -0.775. The van der Waals surface area contributed by atoms with Crippen molar-refractivity contribution in [2.45, 2.75) is 102 Å². The average Bonchev–Trinajstić information content (AvgIpc) is 3.46. The van der Waals surface area contributed by atoms with Gasteiger partial charge in [0.05, 0.1) is 26.4 Å². The second-order valence-electron chi connectivity index (χ2n) is 11.7. The van der Waals surface area contributed by atoms with Gasteiger partial charge in [0.2, 0.25) is 0 Å². The number of rotatable bonds is 10. The third kappa shape index (κ3) is 7.07. The zero-order chi connectivity index (χ0) is 28.5. The van der Waals surface area contributed by atoms with Crippen LogP contribution < -0.4 is 0 Å². The molecule has 0 aliphatic carbocycles. The largest absolute Gasteiger partial charge is 0.374 e. The number of hydrogen-bond acceptors (Lipinski definition) is 9. The molecular formula is C32H40O9. The van der Waals surface area contributed by atoms with Crippen molar-refractivity contribution in [1.82, 2.24) is 0 Å². The minimum Gasteiger partial charge on any atom is -0.374 e. The van der Waals surface area contributed by atoms with Crippen LogP contribution in [0.5, 0.6) is 0 Å². The molecule has 0 spiro atoms. The fourth-order valence-corrected chi connectivity index (χ4v) is 5.66. The molecule has 4 heterocycles. The van der Waals surface area contributed by atoms with E-state index in [0.29, 0.717) is 19.8 Å². The Labute approximate surface area is 241 Å². The topological polar surface area (TPSA) is 83.1 Å². The van der Waals surface area contributed by atoms with Crippen LogP contribution in [0.4, 0.5) is 0 Å². The molecule has 0 unspecified atom stereocenters. The van der Waals surface area contributed by atoms with Crippen LogP contribution >= 0.6 is 0 Å². The zero-order valence-corrected chi connectivity index (χ0v) is 24.0. The van der Waals surface area contributed by atoms with E-state index in [1.807, 2.05) is 101 Å². The second kappa shape index (κ2) is 12.2. The summed E-state index contributed by atoms with van der Waals surface area (Å²) in [5.74, 6) is -1.55. The molecule has 0 N–H and O–H groups in total. The van der Waals surface area contributed by atoms with E-state index in [1.165, 1.54) is 0 Å². The molecule has 0 bridgehead atoms. The first-order chi connectivity index (χ1) is 19.7. The Morgan fingerprint density at radius 3 is 1.98 bits per heavy atom. The van der Waals surface area contributed by atoms with Crippen LogP contribution in [0, 0.1) is 0 Å². The number of benzene rings is 2. The van der Waals surface area contributed by atoms with Gasteiger partial charge in [-0.2, -0.15) is 0 Å². The predicted molar refractivity (Wildman–Crippen MR) is 147 cm³/mol. The molecule has 2 aromatic rings. The van der Waals surface area contributed by atoms with E-state index in [1.54, 1.807) is 0 Å². The van der Waals surface area contributed by atoms with Gasteiger partial charge in [-0.1, -0.05) is 66.7 Å². The van der Waals surface area contributed by atoms with Crippen molar-refractivity contribution in [2.24, 2.45) is 0 Å². The minimum absolute atomic E-state index is 0.218. The van der Waals surface area contributed by atoms with Crippen LogP contribution in [0.2, 0.25) is 0 Å². The summed E-state index contributed by atoms with van der Waals surface area (Å²) in [5.41, 5.74) is 2.19.